The Morgan fingerprint density at radius 3 is 2.63 bits per heavy atom. The van der Waals surface area contributed by atoms with E-state index in [1.807, 2.05) is 32.0 Å². The second-order valence-corrected chi connectivity index (χ2v) is 7.48. The van der Waals surface area contributed by atoms with Crippen LogP contribution in [0.15, 0.2) is 18.2 Å². The number of hydrogen-bond acceptors (Lipinski definition) is 4. The van der Waals surface area contributed by atoms with Crippen LogP contribution in [0.1, 0.15) is 37.3 Å². The Morgan fingerprint density at radius 2 is 1.93 bits per heavy atom. The molecule has 0 aromatic heterocycles. The smallest absolute Gasteiger partial charge is 0.310 e. The van der Waals surface area contributed by atoms with Gasteiger partial charge in [0.25, 0.3) is 0 Å². The van der Waals surface area contributed by atoms with Crippen LogP contribution in [0.5, 0.6) is 0 Å². The molecule has 0 aliphatic carbocycles. The number of ether oxygens (including phenoxy) is 1. The first-order valence-electron chi connectivity index (χ1n) is 9.76. The van der Waals surface area contributed by atoms with Crippen molar-refractivity contribution in [1.29, 1.82) is 0 Å². The van der Waals surface area contributed by atoms with Crippen LogP contribution in [-0.2, 0) is 19.1 Å². The number of aryl methyl sites for hydroxylation is 2. The number of carbonyl (C=O) groups is 3. The van der Waals surface area contributed by atoms with Crippen molar-refractivity contribution in [3.05, 3.63) is 29.3 Å². The number of esters is 1. The Kier molecular flexibility index (Phi) is 5.82. The van der Waals surface area contributed by atoms with Gasteiger partial charge in [0.1, 0.15) is 5.92 Å². The first kappa shape index (κ1) is 19.4. The van der Waals surface area contributed by atoms with Crippen LogP contribution < -0.4 is 4.90 Å². The minimum atomic E-state index is -0.646. The van der Waals surface area contributed by atoms with Crippen LogP contribution >= 0.6 is 0 Å². The normalized spacial score (nSPS) is 22.9. The van der Waals surface area contributed by atoms with Crippen LogP contribution in [-0.4, -0.2) is 48.9 Å². The molecule has 1 aromatic rings. The fourth-order valence-corrected chi connectivity index (χ4v) is 3.91. The standard InChI is InChI=1S/C21H28N2O4/c1-4-27-21(26)16-6-5-10-22(13-16)19(24)18-9-11-23(20(18)25)17-8-7-14(2)15(3)12-17/h7-8,12,16,18H,4-6,9-11,13H2,1-3H3. The SMILES string of the molecule is CCOC(=O)C1CCCN(C(=O)C2CCN(c3ccc(C)c(C)c3)C2=O)C1. The van der Waals surface area contributed by atoms with E-state index in [0.29, 0.717) is 32.7 Å². The number of nitrogens with zero attached hydrogens (tertiary/aromatic N) is 2. The van der Waals surface area contributed by atoms with Gasteiger partial charge in [0.2, 0.25) is 11.8 Å². The third-order valence-electron chi connectivity index (χ3n) is 5.66. The highest BCUT2D eigenvalue weighted by Gasteiger charge is 2.41. The minimum Gasteiger partial charge on any atom is -0.466 e. The van der Waals surface area contributed by atoms with Gasteiger partial charge in [-0.3, -0.25) is 14.4 Å². The lowest BCUT2D eigenvalue weighted by Gasteiger charge is -2.32. The summed E-state index contributed by atoms with van der Waals surface area (Å²) in [6.07, 6.45) is 2.01. The van der Waals surface area contributed by atoms with Crippen molar-refractivity contribution >= 4 is 23.5 Å². The van der Waals surface area contributed by atoms with Crippen LogP contribution in [0.4, 0.5) is 5.69 Å². The van der Waals surface area contributed by atoms with E-state index in [1.54, 1.807) is 16.7 Å². The molecule has 2 aliphatic rings. The second kappa shape index (κ2) is 8.11. The van der Waals surface area contributed by atoms with Gasteiger partial charge in [-0.05, 0) is 63.3 Å². The van der Waals surface area contributed by atoms with Crippen molar-refractivity contribution < 1.29 is 19.1 Å². The Morgan fingerprint density at radius 1 is 1.15 bits per heavy atom. The van der Waals surface area contributed by atoms with Crippen LogP contribution in [0.3, 0.4) is 0 Å². The lowest BCUT2D eigenvalue weighted by Crippen LogP contribution is -2.46. The largest absolute Gasteiger partial charge is 0.466 e. The van der Waals surface area contributed by atoms with Gasteiger partial charge in [-0.25, -0.2) is 0 Å². The molecule has 2 amide bonds. The van der Waals surface area contributed by atoms with E-state index in [-0.39, 0.29) is 23.7 Å². The molecule has 0 radical (unpaired) electrons. The third kappa shape index (κ3) is 3.99. The van der Waals surface area contributed by atoms with Crippen LogP contribution in [0, 0.1) is 25.7 Å². The summed E-state index contributed by atoms with van der Waals surface area (Å²) in [5.74, 6) is -1.46. The zero-order valence-electron chi connectivity index (χ0n) is 16.4. The molecule has 1 aromatic carbocycles. The van der Waals surface area contributed by atoms with Gasteiger partial charge >= 0.3 is 5.97 Å². The second-order valence-electron chi connectivity index (χ2n) is 7.48. The summed E-state index contributed by atoms with van der Waals surface area (Å²) >= 11 is 0. The summed E-state index contributed by atoms with van der Waals surface area (Å²) in [5, 5.41) is 0. The minimum absolute atomic E-state index is 0.137. The number of amides is 2. The Balaban J connectivity index is 1.67. The Labute approximate surface area is 160 Å². The summed E-state index contributed by atoms with van der Waals surface area (Å²) in [7, 11) is 0. The fraction of sp³-hybridized carbons (Fsp3) is 0.571. The first-order valence-corrected chi connectivity index (χ1v) is 9.76. The summed E-state index contributed by atoms with van der Waals surface area (Å²) in [5.41, 5.74) is 3.15. The van der Waals surface area contributed by atoms with E-state index in [2.05, 4.69) is 0 Å². The van der Waals surface area contributed by atoms with Crippen molar-refractivity contribution in [1.82, 2.24) is 4.90 Å². The quantitative estimate of drug-likeness (QED) is 0.601. The molecule has 2 aliphatic heterocycles. The zero-order valence-corrected chi connectivity index (χ0v) is 16.4. The third-order valence-corrected chi connectivity index (χ3v) is 5.66. The lowest BCUT2D eigenvalue weighted by molar-refractivity contribution is -0.152. The molecule has 0 N–H and O–H groups in total. The number of likely N-dealkylation sites (tertiary alicyclic amines) is 1. The topological polar surface area (TPSA) is 66.9 Å². The number of anilines is 1. The zero-order chi connectivity index (χ0) is 19.6. The molecule has 6 heteroatoms. The molecule has 0 bridgehead atoms. The van der Waals surface area contributed by atoms with Gasteiger partial charge in [0.15, 0.2) is 0 Å². The molecule has 2 fully saturated rings. The average Bonchev–Trinajstić information content (AvgIpc) is 3.05. The number of rotatable bonds is 4. The molecule has 2 unspecified atom stereocenters. The molecule has 6 nitrogen and oxygen atoms in total. The van der Waals surface area contributed by atoms with Gasteiger partial charge < -0.3 is 14.5 Å². The van der Waals surface area contributed by atoms with Crippen molar-refractivity contribution in [3.63, 3.8) is 0 Å². The van der Waals surface area contributed by atoms with Crippen molar-refractivity contribution in [2.45, 2.75) is 40.0 Å². The molecular weight excluding hydrogens is 344 g/mol. The lowest BCUT2D eigenvalue weighted by atomic mass is 9.96. The van der Waals surface area contributed by atoms with Gasteiger partial charge in [-0.1, -0.05) is 6.07 Å². The molecule has 27 heavy (non-hydrogen) atoms. The summed E-state index contributed by atoms with van der Waals surface area (Å²) in [6.45, 7) is 7.68. The van der Waals surface area contributed by atoms with E-state index in [0.717, 1.165) is 24.1 Å². The Hall–Kier alpha value is -2.37. The molecule has 2 saturated heterocycles. The maximum absolute atomic E-state index is 13.0. The predicted octanol–water partition coefficient (Wildman–Crippen LogP) is 2.46. The molecule has 0 saturated carbocycles. The van der Waals surface area contributed by atoms with Crippen molar-refractivity contribution in [2.24, 2.45) is 11.8 Å². The fourth-order valence-electron chi connectivity index (χ4n) is 3.91. The maximum Gasteiger partial charge on any atom is 0.310 e. The van der Waals surface area contributed by atoms with Gasteiger partial charge in [0.05, 0.1) is 12.5 Å². The Bertz CT molecular complexity index is 746. The van der Waals surface area contributed by atoms with Gasteiger partial charge in [-0.15, -0.1) is 0 Å². The number of carbonyl (C=O) groups excluding carboxylic acids is 3. The van der Waals surface area contributed by atoms with E-state index in [9.17, 15) is 14.4 Å². The predicted molar refractivity (Wildman–Crippen MR) is 102 cm³/mol. The number of hydrogen-bond donors (Lipinski definition) is 0. The van der Waals surface area contributed by atoms with E-state index < -0.39 is 5.92 Å². The summed E-state index contributed by atoms with van der Waals surface area (Å²) < 4.78 is 5.10. The molecule has 2 heterocycles. The average molecular weight is 372 g/mol. The number of piperidine rings is 1. The maximum atomic E-state index is 13.0. The first-order chi connectivity index (χ1) is 12.9. The van der Waals surface area contributed by atoms with Gasteiger partial charge in [-0.2, -0.15) is 0 Å². The van der Waals surface area contributed by atoms with Gasteiger partial charge in [0, 0.05) is 25.3 Å². The van der Waals surface area contributed by atoms with Crippen molar-refractivity contribution in [2.75, 3.05) is 31.1 Å². The summed E-state index contributed by atoms with van der Waals surface area (Å²) in [6, 6.07) is 5.93. The summed E-state index contributed by atoms with van der Waals surface area (Å²) in [4.78, 5) is 41.3. The van der Waals surface area contributed by atoms with Crippen LogP contribution in [0.2, 0.25) is 0 Å². The monoisotopic (exact) mass is 372 g/mol. The highest BCUT2D eigenvalue weighted by Crippen LogP contribution is 2.29. The van der Waals surface area contributed by atoms with Crippen LogP contribution in [0.25, 0.3) is 0 Å². The van der Waals surface area contributed by atoms with E-state index >= 15 is 0 Å². The van der Waals surface area contributed by atoms with E-state index in [4.69, 9.17) is 4.74 Å². The van der Waals surface area contributed by atoms with Crippen molar-refractivity contribution in [3.8, 4) is 0 Å². The highest BCUT2D eigenvalue weighted by molar-refractivity contribution is 6.09. The number of benzene rings is 1. The molecule has 146 valence electrons. The molecule has 3 rings (SSSR count). The van der Waals surface area contributed by atoms with E-state index in [1.165, 1.54) is 5.56 Å². The molecule has 2 atom stereocenters. The highest BCUT2D eigenvalue weighted by atomic mass is 16.5. The molecule has 0 spiro atoms. The molecular formula is C21H28N2O4.